The minimum Gasteiger partial charge on any atom is -0.355 e. The van der Waals surface area contributed by atoms with E-state index < -0.39 is 0 Å². The van der Waals surface area contributed by atoms with Crippen molar-refractivity contribution in [2.24, 2.45) is 11.3 Å². The number of benzene rings is 1. The summed E-state index contributed by atoms with van der Waals surface area (Å²) in [5.74, 6) is 0.760. The van der Waals surface area contributed by atoms with E-state index in [1.807, 2.05) is 24.3 Å². The molecular formula is C17H24Cl2N2O. The fourth-order valence-corrected chi connectivity index (χ4v) is 4.11. The van der Waals surface area contributed by atoms with Crippen LogP contribution in [-0.4, -0.2) is 25.5 Å². The van der Waals surface area contributed by atoms with Gasteiger partial charge in [0, 0.05) is 18.1 Å². The summed E-state index contributed by atoms with van der Waals surface area (Å²) in [6, 6.07) is 7.84. The van der Waals surface area contributed by atoms with Crippen molar-refractivity contribution in [2.45, 2.75) is 32.1 Å². The number of nitrogens with one attached hydrogen (secondary N) is 2. The molecule has 0 unspecified atom stereocenters. The Morgan fingerprint density at radius 1 is 1.36 bits per heavy atom. The molecule has 1 aliphatic carbocycles. The largest absolute Gasteiger partial charge is 0.355 e. The van der Waals surface area contributed by atoms with E-state index in [1.165, 1.54) is 19.3 Å². The Labute approximate surface area is 143 Å². The fraction of sp³-hybridized carbons (Fsp3) is 0.588. The van der Waals surface area contributed by atoms with Crippen LogP contribution in [0, 0.1) is 11.3 Å². The van der Waals surface area contributed by atoms with Gasteiger partial charge >= 0.3 is 0 Å². The molecule has 2 atom stereocenters. The van der Waals surface area contributed by atoms with Crippen LogP contribution >= 0.6 is 24.0 Å². The molecule has 1 amide bonds. The van der Waals surface area contributed by atoms with Crippen molar-refractivity contribution in [1.29, 1.82) is 0 Å². The van der Waals surface area contributed by atoms with Crippen LogP contribution in [-0.2, 0) is 11.2 Å². The van der Waals surface area contributed by atoms with Crippen molar-refractivity contribution in [2.75, 3.05) is 19.6 Å². The topological polar surface area (TPSA) is 41.1 Å². The summed E-state index contributed by atoms with van der Waals surface area (Å²) in [5, 5.41) is 7.35. The first-order valence-corrected chi connectivity index (χ1v) is 8.32. The predicted molar refractivity (Wildman–Crippen MR) is 92.7 cm³/mol. The van der Waals surface area contributed by atoms with E-state index in [2.05, 4.69) is 10.6 Å². The third kappa shape index (κ3) is 3.42. The number of amides is 1. The van der Waals surface area contributed by atoms with Gasteiger partial charge in [0.2, 0.25) is 5.91 Å². The molecule has 0 radical (unpaired) electrons. The summed E-state index contributed by atoms with van der Waals surface area (Å²) >= 11 is 6.15. The first kappa shape index (κ1) is 17.6. The lowest BCUT2D eigenvalue weighted by Crippen LogP contribution is -2.48. The maximum atomic E-state index is 12.7. The average molecular weight is 343 g/mol. The van der Waals surface area contributed by atoms with Crippen molar-refractivity contribution < 1.29 is 4.79 Å². The maximum Gasteiger partial charge on any atom is 0.227 e. The SMILES string of the molecule is Cl.O=C(NCCc1ccccc1Cl)[C@@]12CCCC[C@H]1CNC2. The number of rotatable bonds is 4. The molecule has 0 aromatic heterocycles. The number of carbonyl (C=O) groups excluding carboxylic acids is 1. The Hall–Kier alpha value is -0.770. The molecule has 0 bridgehead atoms. The third-order valence-corrected chi connectivity index (χ3v) is 5.50. The maximum absolute atomic E-state index is 12.7. The van der Waals surface area contributed by atoms with Gasteiger partial charge in [-0.05, 0) is 43.4 Å². The number of hydrogen-bond acceptors (Lipinski definition) is 2. The van der Waals surface area contributed by atoms with Gasteiger partial charge in [-0.3, -0.25) is 4.79 Å². The van der Waals surface area contributed by atoms with Crippen LogP contribution in [0.5, 0.6) is 0 Å². The van der Waals surface area contributed by atoms with Crippen LogP contribution in [0.15, 0.2) is 24.3 Å². The van der Waals surface area contributed by atoms with Crippen molar-refractivity contribution in [3.63, 3.8) is 0 Å². The Balaban J connectivity index is 0.00000176. The highest BCUT2D eigenvalue weighted by Crippen LogP contribution is 2.43. The Morgan fingerprint density at radius 2 is 2.18 bits per heavy atom. The highest BCUT2D eigenvalue weighted by atomic mass is 35.5. The molecule has 3 nitrogen and oxygen atoms in total. The van der Waals surface area contributed by atoms with Gasteiger partial charge in [-0.15, -0.1) is 12.4 Å². The lowest BCUT2D eigenvalue weighted by Gasteiger charge is -2.37. The number of hydrogen-bond donors (Lipinski definition) is 2. The molecule has 2 N–H and O–H groups in total. The highest BCUT2D eigenvalue weighted by Gasteiger charge is 2.49. The molecule has 1 aliphatic heterocycles. The lowest BCUT2D eigenvalue weighted by molar-refractivity contribution is -0.133. The molecule has 1 aromatic rings. The zero-order valence-corrected chi connectivity index (χ0v) is 14.3. The molecule has 0 spiro atoms. The van der Waals surface area contributed by atoms with Crippen molar-refractivity contribution in [3.05, 3.63) is 34.9 Å². The summed E-state index contributed by atoms with van der Waals surface area (Å²) in [5.41, 5.74) is 0.945. The van der Waals surface area contributed by atoms with Crippen LogP contribution in [0.1, 0.15) is 31.2 Å². The molecule has 1 heterocycles. The zero-order chi connectivity index (χ0) is 14.7. The normalized spacial score (nSPS) is 26.9. The van der Waals surface area contributed by atoms with Crippen molar-refractivity contribution in [1.82, 2.24) is 10.6 Å². The predicted octanol–water partition coefficient (Wildman–Crippen LogP) is 3.20. The average Bonchev–Trinajstić information content (AvgIpc) is 2.94. The van der Waals surface area contributed by atoms with E-state index in [9.17, 15) is 4.79 Å². The number of carbonyl (C=O) groups is 1. The van der Waals surface area contributed by atoms with Gasteiger partial charge in [0.05, 0.1) is 5.41 Å². The summed E-state index contributed by atoms with van der Waals surface area (Å²) in [6.45, 7) is 2.50. The van der Waals surface area contributed by atoms with Crippen molar-refractivity contribution in [3.8, 4) is 0 Å². The standard InChI is InChI=1S/C17H23ClN2O.ClH/c18-15-7-2-1-5-13(15)8-10-20-16(21)17-9-4-3-6-14(17)11-19-12-17;/h1-2,5,7,14,19H,3-4,6,8-12H2,(H,20,21);1H/t14-,17+;/m0./s1. The molecule has 5 heteroatoms. The van der Waals surface area contributed by atoms with E-state index in [-0.39, 0.29) is 23.7 Å². The molecule has 2 aliphatic rings. The van der Waals surface area contributed by atoms with Gasteiger partial charge in [-0.25, -0.2) is 0 Å². The molecule has 2 fully saturated rings. The van der Waals surface area contributed by atoms with Crippen LogP contribution in [0.25, 0.3) is 0 Å². The van der Waals surface area contributed by atoms with Crippen molar-refractivity contribution >= 4 is 29.9 Å². The minimum absolute atomic E-state index is 0. The van der Waals surface area contributed by atoms with E-state index >= 15 is 0 Å². The molecule has 122 valence electrons. The summed E-state index contributed by atoms with van der Waals surface area (Å²) < 4.78 is 0. The Morgan fingerprint density at radius 3 is 3.00 bits per heavy atom. The van der Waals surface area contributed by atoms with Crippen LogP contribution in [0.3, 0.4) is 0 Å². The first-order chi connectivity index (χ1) is 10.2. The molecule has 1 aromatic carbocycles. The second-order valence-corrected chi connectivity index (χ2v) is 6.73. The zero-order valence-electron chi connectivity index (χ0n) is 12.7. The second kappa shape index (κ2) is 7.67. The highest BCUT2D eigenvalue weighted by molar-refractivity contribution is 6.31. The van der Waals surface area contributed by atoms with E-state index in [1.54, 1.807) is 0 Å². The first-order valence-electron chi connectivity index (χ1n) is 7.95. The van der Waals surface area contributed by atoms with Gasteiger partial charge in [-0.2, -0.15) is 0 Å². The summed E-state index contributed by atoms with van der Waals surface area (Å²) in [4.78, 5) is 12.7. The summed E-state index contributed by atoms with van der Waals surface area (Å²) in [7, 11) is 0. The molecule has 3 rings (SSSR count). The van der Waals surface area contributed by atoms with Gasteiger partial charge < -0.3 is 10.6 Å². The molecule has 22 heavy (non-hydrogen) atoms. The Bertz CT molecular complexity index is 523. The quantitative estimate of drug-likeness (QED) is 0.882. The summed E-state index contributed by atoms with van der Waals surface area (Å²) in [6.07, 6.45) is 5.45. The smallest absolute Gasteiger partial charge is 0.227 e. The number of halogens is 2. The van der Waals surface area contributed by atoms with Gasteiger partial charge in [0.15, 0.2) is 0 Å². The van der Waals surface area contributed by atoms with E-state index in [0.717, 1.165) is 36.5 Å². The van der Waals surface area contributed by atoms with Crippen LogP contribution in [0.2, 0.25) is 5.02 Å². The van der Waals surface area contributed by atoms with Gasteiger partial charge in [-0.1, -0.05) is 42.6 Å². The van der Waals surface area contributed by atoms with E-state index in [4.69, 9.17) is 11.6 Å². The fourth-order valence-electron chi connectivity index (χ4n) is 3.88. The minimum atomic E-state index is -0.154. The van der Waals surface area contributed by atoms with Crippen LogP contribution in [0.4, 0.5) is 0 Å². The number of fused-ring (bicyclic) bond motifs is 1. The lowest BCUT2D eigenvalue weighted by atomic mass is 9.67. The molecule has 1 saturated heterocycles. The molecular weight excluding hydrogens is 319 g/mol. The van der Waals surface area contributed by atoms with Gasteiger partial charge in [0.25, 0.3) is 0 Å². The second-order valence-electron chi connectivity index (χ2n) is 6.33. The Kier molecular flexibility index (Phi) is 6.13. The van der Waals surface area contributed by atoms with Gasteiger partial charge in [0.1, 0.15) is 0 Å². The van der Waals surface area contributed by atoms with Crippen LogP contribution < -0.4 is 10.6 Å². The third-order valence-electron chi connectivity index (χ3n) is 5.13. The monoisotopic (exact) mass is 342 g/mol. The molecule has 1 saturated carbocycles. The van der Waals surface area contributed by atoms with E-state index in [0.29, 0.717) is 12.5 Å².